The Balaban J connectivity index is 2.06. The molecule has 0 saturated carbocycles. The van der Waals surface area contributed by atoms with Crippen molar-refractivity contribution in [2.45, 2.75) is 32.9 Å². The highest BCUT2D eigenvalue weighted by molar-refractivity contribution is 7.10. The average molecular weight is 256 g/mol. The molecule has 1 aromatic rings. The Morgan fingerprint density at radius 1 is 1.53 bits per heavy atom. The zero-order valence-corrected chi connectivity index (χ0v) is 11.5. The standard InChI is InChI=1S/C11H20N4OS/c1-4-12-10-9(13-14-17-10)7-15-5-6-16-8-11(15,2)3/h12H,4-8H2,1-3H3. The van der Waals surface area contributed by atoms with Crippen LogP contribution in [0.4, 0.5) is 5.00 Å². The number of hydrogen-bond donors (Lipinski definition) is 1. The summed E-state index contributed by atoms with van der Waals surface area (Å²) in [4.78, 5) is 2.41. The van der Waals surface area contributed by atoms with Crippen LogP contribution in [0.1, 0.15) is 26.5 Å². The van der Waals surface area contributed by atoms with Crippen LogP contribution in [0.3, 0.4) is 0 Å². The van der Waals surface area contributed by atoms with Gasteiger partial charge in [0, 0.05) is 36.7 Å². The number of nitrogens with one attached hydrogen (secondary N) is 1. The van der Waals surface area contributed by atoms with E-state index in [1.54, 1.807) is 0 Å². The van der Waals surface area contributed by atoms with Gasteiger partial charge in [-0.05, 0) is 20.8 Å². The Hall–Kier alpha value is -0.720. The highest BCUT2D eigenvalue weighted by Crippen LogP contribution is 2.25. The van der Waals surface area contributed by atoms with Gasteiger partial charge in [0.15, 0.2) is 0 Å². The summed E-state index contributed by atoms with van der Waals surface area (Å²) in [6.45, 7) is 10.8. The Labute approximate surface area is 106 Å². The average Bonchev–Trinajstić information content (AvgIpc) is 2.70. The van der Waals surface area contributed by atoms with E-state index >= 15 is 0 Å². The second-order valence-electron chi connectivity index (χ2n) is 4.87. The number of ether oxygens (including phenoxy) is 1. The quantitative estimate of drug-likeness (QED) is 0.886. The monoisotopic (exact) mass is 256 g/mol. The van der Waals surface area contributed by atoms with Gasteiger partial charge in [0.25, 0.3) is 0 Å². The molecule has 0 spiro atoms. The van der Waals surface area contributed by atoms with E-state index in [1.807, 2.05) is 0 Å². The molecule has 5 nitrogen and oxygen atoms in total. The van der Waals surface area contributed by atoms with Crippen LogP contribution < -0.4 is 5.32 Å². The molecule has 0 aliphatic carbocycles. The Morgan fingerprint density at radius 3 is 3.06 bits per heavy atom. The van der Waals surface area contributed by atoms with Gasteiger partial charge in [-0.1, -0.05) is 4.49 Å². The second kappa shape index (κ2) is 5.29. The highest BCUT2D eigenvalue weighted by atomic mass is 32.1. The zero-order chi connectivity index (χ0) is 12.3. The molecular formula is C11H20N4OS. The molecule has 1 aliphatic rings. The number of nitrogens with zero attached hydrogens (tertiary/aromatic N) is 3. The van der Waals surface area contributed by atoms with Crippen molar-refractivity contribution in [2.24, 2.45) is 0 Å². The van der Waals surface area contributed by atoms with E-state index in [2.05, 4.69) is 40.6 Å². The van der Waals surface area contributed by atoms with E-state index in [0.29, 0.717) is 0 Å². The molecular weight excluding hydrogens is 236 g/mol. The van der Waals surface area contributed by atoms with Crippen LogP contribution in [0, 0.1) is 0 Å². The van der Waals surface area contributed by atoms with Crippen molar-refractivity contribution in [2.75, 3.05) is 31.6 Å². The lowest BCUT2D eigenvalue weighted by molar-refractivity contribution is -0.0557. The fourth-order valence-corrected chi connectivity index (χ4v) is 2.61. The smallest absolute Gasteiger partial charge is 0.134 e. The molecule has 6 heteroatoms. The molecule has 0 unspecified atom stereocenters. The van der Waals surface area contributed by atoms with Crippen molar-refractivity contribution in [3.8, 4) is 0 Å². The molecule has 1 fully saturated rings. The number of morpholine rings is 1. The molecule has 0 atom stereocenters. The number of aromatic nitrogens is 2. The lowest BCUT2D eigenvalue weighted by Gasteiger charge is -2.41. The van der Waals surface area contributed by atoms with Gasteiger partial charge in [-0.2, -0.15) is 0 Å². The van der Waals surface area contributed by atoms with Gasteiger partial charge in [-0.25, -0.2) is 0 Å². The Kier molecular flexibility index (Phi) is 3.96. The predicted octanol–water partition coefficient (Wildman–Crippen LogP) is 1.58. The highest BCUT2D eigenvalue weighted by Gasteiger charge is 2.31. The summed E-state index contributed by atoms with van der Waals surface area (Å²) in [6.07, 6.45) is 0. The number of hydrogen-bond acceptors (Lipinski definition) is 6. The van der Waals surface area contributed by atoms with Crippen molar-refractivity contribution in [1.29, 1.82) is 0 Å². The van der Waals surface area contributed by atoms with Crippen LogP contribution in [-0.4, -0.2) is 46.3 Å². The van der Waals surface area contributed by atoms with Gasteiger partial charge in [-0.3, -0.25) is 4.90 Å². The predicted molar refractivity (Wildman–Crippen MR) is 69.4 cm³/mol. The fourth-order valence-electron chi connectivity index (χ4n) is 1.97. The van der Waals surface area contributed by atoms with Gasteiger partial charge in [-0.15, -0.1) is 5.10 Å². The van der Waals surface area contributed by atoms with E-state index < -0.39 is 0 Å². The zero-order valence-electron chi connectivity index (χ0n) is 10.7. The molecule has 96 valence electrons. The minimum atomic E-state index is 0.0748. The SMILES string of the molecule is CCNc1snnc1CN1CCOCC1(C)C. The lowest BCUT2D eigenvalue weighted by atomic mass is 10.0. The summed E-state index contributed by atoms with van der Waals surface area (Å²) in [7, 11) is 0. The summed E-state index contributed by atoms with van der Waals surface area (Å²) < 4.78 is 9.55. The molecule has 0 radical (unpaired) electrons. The first-order valence-corrected chi connectivity index (χ1v) is 6.78. The van der Waals surface area contributed by atoms with Crippen molar-refractivity contribution in [1.82, 2.24) is 14.5 Å². The van der Waals surface area contributed by atoms with Gasteiger partial charge < -0.3 is 10.1 Å². The molecule has 1 saturated heterocycles. The summed E-state index contributed by atoms with van der Waals surface area (Å²) >= 11 is 1.43. The van der Waals surface area contributed by atoms with E-state index in [9.17, 15) is 0 Å². The summed E-state index contributed by atoms with van der Waals surface area (Å²) in [5.74, 6) is 0. The third kappa shape index (κ3) is 2.94. The molecule has 0 aromatic carbocycles. The normalized spacial score (nSPS) is 20.4. The van der Waals surface area contributed by atoms with Crippen LogP contribution in [0.25, 0.3) is 0 Å². The molecule has 1 N–H and O–H groups in total. The summed E-state index contributed by atoms with van der Waals surface area (Å²) in [5, 5.41) is 8.62. The summed E-state index contributed by atoms with van der Waals surface area (Å²) in [6, 6.07) is 0. The minimum absolute atomic E-state index is 0.0748. The first-order chi connectivity index (χ1) is 8.13. The Morgan fingerprint density at radius 2 is 2.35 bits per heavy atom. The van der Waals surface area contributed by atoms with E-state index in [4.69, 9.17) is 4.74 Å². The molecule has 2 heterocycles. The van der Waals surface area contributed by atoms with Crippen molar-refractivity contribution in [3.05, 3.63) is 5.69 Å². The van der Waals surface area contributed by atoms with Crippen molar-refractivity contribution in [3.63, 3.8) is 0 Å². The Bertz CT molecular complexity index is 366. The maximum Gasteiger partial charge on any atom is 0.134 e. The van der Waals surface area contributed by atoms with Gasteiger partial charge in [0.05, 0.1) is 13.2 Å². The van der Waals surface area contributed by atoms with Crippen molar-refractivity contribution >= 4 is 16.5 Å². The largest absolute Gasteiger partial charge is 0.378 e. The van der Waals surface area contributed by atoms with E-state index in [1.165, 1.54) is 11.5 Å². The fraction of sp³-hybridized carbons (Fsp3) is 0.818. The molecule has 1 aromatic heterocycles. The number of anilines is 1. The maximum absolute atomic E-state index is 5.52. The molecule has 1 aliphatic heterocycles. The lowest BCUT2D eigenvalue weighted by Crippen LogP contribution is -2.52. The number of rotatable bonds is 4. The second-order valence-corrected chi connectivity index (χ2v) is 5.62. The third-order valence-corrected chi connectivity index (χ3v) is 3.78. The molecule has 0 bridgehead atoms. The molecule has 17 heavy (non-hydrogen) atoms. The summed E-state index contributed by atoms with van der Waals surface area (Å²) in [5.41, 5.74) is 1.12. The van der Waals surface area contributed by atoms with E-state index in [0.717, 1.165) is 43.5 Å². The van der Waals surface area contributed by atoms with Crippen LogP contribution in [0.2, 0.25) is 0 Å². The van der Waals surface area contributed by atoms with Gasteiger partial charge in [0.2, 0.25) is 0 Å². The maximum atomic E-state index is 5.52. The first kappa shape index (κ1) is 12.7. The van der Waals surface area contributed by atoms with Crippen LogP contribution >= 0.6 is 11.5 Å². The van der Waals surface area contributed by atoms with Crippen LogP contribution in [0.5, 0.6) is 0 Å². The first-order valence-electron chi connectivity index (χ1n) is 6.01. The van der Waals surface area contributed by atoms with Crippen molar-refractivity contribution < 1.29 is 4.74 Å². The molecule has 0 amide bonds. The van der Waals surface area contributed by atoms with Crippen LogP contribution in [0.15, 0.2) is 0 Å². The topological polar surface area (TPSA) is 50.3 Å². The molecule has 2 rings (SSSR count). The van der Waals surface area contributed by atoms with Gasteiger partial charge >= 0.3 is 0 Å². The third-order valence-electron chi connectivity index (χ3n) is 3.05. The van der Waals surface area contributed by atoms with Crippen LogP contribution in [-0.2, 0) is 11.3 Å². The van der Waals surface area contributed by atoms with E-state index in [-0.39, 0.29) is 5.54 Å². The van der Waals surface area contributed by atoms with Gasteiger partial charge in [0.1, 0.15) is 10.7 Å². The minimum Gasteiger partial charge on any atom is -0.378 e.